The van der Waals surface area contributed by atoms with E-state index in [1.807, 2.05) is 0 Å². The Hall–Kier alpha value is -1.88. The zero-order chi connectivity index (χ0) is 13.8. The highest BCUT2D eigenvalue weighted by Gasteiger charge is 2.13. The standard InChI is InChI=1S/C15H20N4O/c1-19-8-2-3-13-9-12(4-5-14(13)19)10-16-7-6-15-17-11-18-20-15/h4-5,9,11,16H,2-3,6-8,10H2,1H3. The number of nitrogens with zero attached hydrogens (tertiary/aromatic N) is 3. The summed E-state index contributed by atoms with van der Waals surface area (Å²) in [5.74, 6) is 0.685. The normalized spacial score (nSPS) is 14.3. The van der Waals surface area contributed by atoms with E-state index >= 15 is 0 Å². The summed E-state index contributed by atoms with van der Waals surface area (Å²) in [4.78, 5) is 6.34. The maximum Gasteiger partial charge on any atom is 0.227 e. The number of aryl methyl sites for hydroxylation is 1. The second kappa shape index (κ2) is 6.05. The molecule has 1 N–H and O–H groups in total. The predicted octanol–water partition coefficient (Wildman–Crippen LogP) is 1.78. The fourth-order valence-corrected chi connectivity index (χ4v) is 2.68. The van der Waals surface area contributed by atoms with Gasteiger partial charge in [-0.05, 0) is 30.0 Å². The summed E-state index contributed by atoms with van der Waals surface area (Å²) < 4.78 is 4.97. The maximum absolute atomic E-state index is 4.97. The summed E-state index contributed by atoms with van der Waals surface area (Å²) in [5.41, 5.74) is 4.19. The predicted molar refractivity (Wildman–Crippen MR) is 77.7 cm³/mol. The van der Waals surface area contributed by atoms with Crippen LogP contribution in [-0.4, -0.2) is 30.3 Å². The second-order valence-electron chi connectivity index (χ2n) is 5.25. The average molecular weight is 272 g/mol. The van der Waals surface area contributed by atoms with Crippen LogP contribution in [0.2, 0.25) is 0 Å². The summed E-state index contributed by atoms with van der Waals surface area (Å²) >= 11 is 0. The molecule has 5 heteroatoms. The zero-order valence-corrected chi connectivity index (χ0v) is 11.8. The van der Waals surface area contributed by atoms with Crippen LogP contribution in [0, 0.1) is 0 Å². The lowest BCUT2D eigenvalue weighted by Gasteiger charge is -2.27. The van der Waals surface area contributed by atoms with Gasteiger partial charge in [-0.2, -0.15) is 4.98 Å². The molecule has 0 amide bonds. The fraction of sp³-hybridized carbons (Fsp3) is 0.467. The van der Waals surface area contributed by atoms with Gasteiger partial charge in [0.1, 0.15) is 0 Å². The SMILES string of the molecule is CN1CCCc2cc(CNCCc3ncno3)ccc21. The van der Waals surface area contributed by atoms with Crippen LogP contribution in [-0.2, 0) is 19.4 Å². The highest BCUT2D eigenvalue weighted by molar-refractivity contribution is 5.56. The van der Waals surface area contributed by atoms with Gasteiger partial charge in [-0.3, -0.25) is 0 Å². The van der Waals surface area contributed by atoms with Gasteiger partial charge in [-0.1, -0.05) is 17.3 Å². The first-order chi connectivity index (χ1) is 9.83. The fourth-order valence-electron chi connectivity index (χ4n) is 2.68. The van der Waals surface area contributed by atoms with Crippen LogP contribution >= 0.6 is 0 Å². The molecule has 20 heavy (non-hydrogen) atoms. The molecule has 2 aromatic rings. The van der Waals surface area contributed by atoms with Crippen molar-refractivity contribution in [3.05, 3.63) is 41.5 Å². The molecular formula is C15H20N4O. The second-order valence-corrected chi connectivity index (χ2v) is 5.25. The van der Waals surface area contributed by atoms with Crippen molar-refractivity contribution in [3.63, 3.8) is 0 Å². The Labute approximate surface area is 119 Å². The molecule has 0 spiro atoms. The summed E-state index contributed by atoms with van der Waals surface area (Å²) in [6.07, 6.45) is 4.65. The van der Waals surface area contributed by atoms with Gasteiger partial charge in [-0.25, -0.2) is 0 Å². The van der Waals surface area contributed by atoms with E-state index in [0.29, 0.717) is 5.89 Å². The number of fused-ring (bicyclic) bond motifs is 1. The average Bonchev–Trinajstić information content (AvgIpc) is 2.97. The van der Waals surface area contributed by atoms with Crippen LogP contribution in [0.1, 0.15) is 23.4 Å². The van der Waals surface area contributed by atoms with Gasteiger partial charge >= 0.3 is 0 Å². The third-order valence-corrected chi connectivity index (χ3v) is 3.75. The molecule has 0 saturated carbocycles. The smallest absolute Gasteiger partial charge is 0.227 e. The number of rotatable bonds is 5. The topological polar surface area (TPSA) is 54.2 Å². The maximum atomic E-state index is 4.97. The first-order valence-corrected chi connectivity index (χ1v) is 7.12. The third kappa shape index (κ3) is 2.99. The van der Waals surface area contributed by atoms with Crippen molar-refractivity contribution in [2.24, 2.45) is 0 Å². The first-order valence-electron chi connectivity index (χ1n) is 7.12. The van der Waals surface area contributed by atoms with Gasteiger partial charge < -0.3 is 14.7 Å². The van der Waals surface area contributed by atoms with E-state index in [0.717, 1.165) is 26.1 Å². The molecule has 5 nitrogen and oxygen atoms in total. The zero-order valence-electron chi connectivity index (χ0n) is 11.8. The van der Waals surface area contributed by atoms with E-state index in [1.165, 1.54) is 36.0 Å². The molecule has 0 fully saturated rings. The van der Waals surface area contributed by atoms with Crippen LogP contribution in [0.4, 0.5) is 5.69 Å². The highest BCUT2D eigenvalue weighted by Crippen LogP contribution is 2.26. The number of benzene rings is 1. The van der Waals surface area contributed by atoms with E-state index in [-0.39, 0.29) is 0 Å². The Balaban J connectivity index is 1.53. The lowest BCUT2D eigenvalue weighted by Crippen LogP contribution is -2.25. The largest absolute Gasteiger partial charge is 0.374 e. The van der Waals surface area contributed by atoms with Crippen molar-refractivity contribution in [3.8, 4) is 0 Å². The minimum absolute atomic E-state index is 0.685. The van der Waals surface area contributed by atoms with Gasteiger partial charge in [0.2, 0.25) is 5.89 Å². The molecular weight excluding hydrogens is 252 g/mol. The van der Waals surface area contributed by atoms with Gasteiger partial charge in [0.25, 0.3) is 0 Å². The van der Waals surface area contributed by atoms with Crippen molar-refractivity contribution in [1.82, 2.24) is 15.5 Å². The molecule has 0 unspecified atom stereocenters. The van der Waals surface area contributed by atoms with Crippen molar-refractivity contribution in [2.75, 3.05) is 25.0 Å². The summed E-state index contributed by atoms with van der Waals surface area (Å²) in [5, 5.41) is 7.01. The Morgan fingerprint density at radius 2 is 2.35 bits per heavy atom. The summed E-state index contributed by atoms with van der Waals surface area (Å²) in [6.45, 7) is 2.89. The quantitative estimate of drug-likeness (QED) is 0.841. The van der Waals surface area contributed by atoms with E-state index in [9.17, 15) is 0 Å². The Kier molecular flexibility index (Phi) is 3.97. The van der Waals surface area contributed by atoms with E-state index in [1.54, 1.807) is 0 Å². The lowest BCUT2D eigenvalue weighted by atomic mass is 9.99. The Bertz CT molecular complexity index is 553. The van der Waals surface area contributed by atoms with Crippen LogP contribution in [0.25, 0.3) is 0 Å². The highest BCUT2D eigenvalue weighted by atomic mass is 16.5. The number of hydrogen-bond acceptors (Lipinski definition) is 5. The molecule has 1 aliphatic rings. The van der Waals surface area contributed by atoms with Crippen LogP contribution < -0.4 is 10.2 Å². The number of anilines is 1. The minimum atomic E-state index is 0.685. The van der Waals surface area contributed by atoms with Gasteiger partial charge in [0.05, 0.1) is 0 Å². The molecule has 0 aliphatic carbocycles. The molecule has 1 aliphatic heterocycles. The molecule has 0 radical (unpaired) electrons. The summed E-state index contributed by atoms with van der Waals surface area (Å²) in [6, 6.07) is 6.77. The third-order valence-electron chi connectivity index (χ3n) is 3.75. The summed E-state index contributed by atoms with van der Waals surface area (Å²) in [7, 11) is 2.17. The molecule has 3 rings (SSSR count). The monoisotopic (exact) mass is 272 g/mol. The lowest BCUT2D eigenvalue weighted by molar-refractivity contribution is 0.375. The van der Waals surface area contributed by atoms with Crippen LogP contribution in [0.5, 0.6) is 0 Å². The van der Waals surface area contributed by atoms with Crippen LogP contribution in [0.15, 0.2) is 29.0 Å². The van der Waals surface area contributed by atoms with Gasteiger partial charge in [0, 0.05) is 38.8 Å². The van der Waals surface area contributed by atoms with Crippen molar-refractivity contribution >= 4 is 5.69 Å². The molecule has 0 atom stereocenters. The molecule has 1 aromatic heterocycles. The van der Waals surface area contributed by atoms with E-state index in [4.69, 9.17) is 4.52 Å². The van der Waals surface area contributed by atoms with Crippen LogP contribution in [0.3, 0.4) is 0 Å². The molecule has 1 aromatic carbocycles. The van der Waals surface area contributed by atoms with Gasteiger partial charge in [-0.15, -0.1) is 0 Å². The Morgan fingerprint density at radius 3 is 3.20 bits per heavy atom. The minimum Gasteiger partial charge on any atom is -0.374 e. The van der Waals surface area contributed by atoms with Gasteiger partial charge in [0.15, 0.2) is 6.33 Å². The number of hydrogen-bond donors (Lipinski definition) is 1. The number of nitrogens with one attached hydrogen (secondary N) is 1. The van der Waals surface area contributed by atoms with Crippen molar-refractivity contribution in [1.29, 1.82) is 0 Å². The van der Waals surface area contributed by atoms with Crippen molar-refractivity contribution < 1.29 is 4.52 Å². The molecule has 2 heterocycles. The molecule has 106 valence electrons. The molecule has 0 saturated heterocycles. The van der Waals surface area contributed by atoms with Crippen molar-refractivity contribution in [2.45, 2.75) is 25.8 Å². The van der Waals surface area contributed by atoms with E-state index < -0.39 is 0 Å². The Morgan fingerprint density at radius 1 is 1.40 bits per heavy atom. The van der Waals surface area contributed by atoms with E-state index in [2.05, 4.69) is 45.6 Å². The first kappa shape index (κ1) is 13.1. The number of aromatic nitrogens is 2. The molecule has 0 bridgehead atoms.